The number of amides is 1. The SMILES string of the molecule is CCc1c(NC[C@H](CC(=O)NCc2ccccc2)C(=O)O)ncnc1N1CCC(c2ccc3c(n2)NCCC3)CC1. The molecule has 4 N–H and O–H groups in total. The summed E-state index contributed by atoms with van der Waals surface area (Å²) in [5.41, 5.74) is 4.39. The summed E-state index contributed by atoms with van der Waals surface area (Å²) in [5, 5.41) is 19.3. The molecule has 0 spiro atoms. The molecule has 3 aromatic rings. The number of carbonyl (C=O) groups is 2. The molecule has 0 unspecified atom stereocenters. The van der Waals surface area contributed by atoms with Crippen LogP contribution in [-0.2, 0) is 29.0 Å². The molecule has 1 saturated heterocycles. The number of carboxylic acid groups (broad SMARTS) is 1. The fourth-order valence-electron chi connectivity index (χ4n) is 5.67. The number of nitrogens with one attached hydrogen (secondary N) is 3. The molecule has 1 amide bonds. The van der Waals surface area contributed by atoms with Crippen molar-refractivity contribution < 1.29 is 14.7 Å². The molecule has 1 aromatic carbocycles. The third-order valence-corrected chi connectivity index (χ3v) is 8.03. The number of aromatic nitrogens is 3. The van der Waals surface area contributed by atoms with Crippen molar-refractivity contribution in [2.75, 3.05) is 41.7 Å². The molecule has 0 saturated carbocycles. The van der Waals surface area contributed by atoms with Crippen molar-refractivity contribution >= 4 is 29.3 Å². The number of anilines is 3. The third kappa shape index (κ3) is 7.11. The molecule has 1 fully saturated rings. The summed E-state index contributed by atoms with van der Waals surface area (Å²) in [6, 6.07) is 14.0. The van der Waals surface area contributed by atoms with Gasteiger partial charge < -0.3 is 26.0 Å². The Morgan fingerprint density at radius 1 is 1.12 bits per heavy atom. The summed E-state index contributed by atoms with van der Waals surface area (Å²) in [6.45, 7) is 5.22. The van der Waals surface area contributed by atoms with Gasteiger partial charge in [0.15, 0.2) is 0 Å². The topological polar surface area (TPSA) is 132 Å². The van der Waals surface area contributed by atoms with E-state index >= 15 is 0 Å². The summed E-state index contributed by atoms with van der Waals surface area (Å²) < 4.78 is 0. The molecule has 0 radical (unpaired) electrons. The number of carboxylic acids is 1. The van der Waals surface area contributed by atoms with Gasteiger partial charge in [-0.25, -0.2) is 15.0 Å². The van der Waals surface area contributed by atoms with Crippen LogP contribution in [0.3, 0.4) is 0 Å². The maximum absolute atomic E-state index is 12.5. The molecule has 4 heterocycles. The van der Waals surface area contributed by atoms with Crippen molar-refractivity contribution in [3.63, 3.8) is 0 Å². The molecule has 0 aliphatic carbocycles. The lowest BCUT2D eigenvalue weighted by atomic mass is 9.92. The molecule has 10 heteroatoms. The van der Waals surface area contributed by atoms with Gasteiger partial charge in [-0.2, -0.15) is 0 Å². The highest BCUT2D eigenvalue weighted by Crippen LogP contribution is 2.33. The fraction of sp³-hybridized carbons (Fsp3) is 0.452. The van der Waals surface area contributed by atoms with Crippen molar-refractivity contribution in [3.05, 3.63) is 71.2 Å². The van der Waals surface area contributed by atoms with Gasteiger partial charge in [-0.1, -0.05) is 43.3 Å². The van der Waals surface area contributed by atoms with Crippen molar-refractivity contribution in [2.24, 2.45) is 5.92 Å². The molecule has 2 aliphatic heterocycles. The molecule has 2 aromatic heterocycles. The van der Waals surface area contributed by atoms with Gasteiger partial charge in [0, 0.05) is 56.3 Å². The van der Waals surface area contributed by atoms with Gasteiger partial charge >= 0.3 is 5.97 Å². The quantitative estimate of drug-likeness (QED) is 0.276. The second-order valence-electron chi connectivity index (χ2n) is 10.8. The number of carbonyl (C=O) groups excluding carboxylic acids is 1. The molecule has 41 heavy (non-hydrogen) atoms. The van der Waals surface area contributed by atoms with E-state index in [9.17, 15) is 14.7 Å². The number of rotatable bonds is 11. The smallest absolute Gasteiger partial charge is 0.308 e. The average Bonchev–Trinajstić information content (AvgIpc) is 3.02. The summed E-state index contributed by atoms with van der Waals surface area (Å²) in [4.78, 5) is 40.7. The molecular weight excluding hydrogens is 518 g/mol. The Morgan fingerprint density at radius 2 is 1.93 bits per heavy atom. The van der Waals surface area contributed by atoms with Crippen LogP contribution < -0.4 is 20.9 Å². The minimum absolute atomic E-state index is 0.0949. The van der Waals surface area contributed by atoms with Gasteiger partial charge in [0.05, 0.1) is 5.92 Å². The van der Waals surface area contributed by atoms with Gasteiger partial charge in [0.2, 0.25) is 5.91 Å². The molecular formula is C31H39N7O3. The maximum Gasteiger partial charge on any atom is 0.308 e. The van der Waals surface area contributed by atoms with Crippen LogP contribution in [0.25, 0.3) is 0 Å². The van der Waals surface area contributed by atoms with Crippen LogP contribution in [0.2, 0.25) is 0 Å². The number of aryl methyl sites for hydroxylation is 1. The molecule has 2 aliphatic rings. The molecule has 5 rings (SSSR count). The van der Waals surface area contributed by atoms with E-state index in [4.69, 9.17) is 4.98 Å². The fourth-order valence-corrected chi connectivity index (χ4v) is 5.67. The number of hydrogen-bond acceptors (Lipinski definition) is 8. The molecule has 216 valence electrons. The summed E-state index contributed by atoms with van der Waals surface area (Å²) >= 11 is 0. The minimum atomic E-state index is -1.02. The Labute approximate surface area is 241 Å². The van der Waals surface area contributed by atoms with Gasteiger partial charge in [-0.05, 0) is 49.3 Å². The van der Waals surface area contributed by atoms with Crippen LogP contribution >= 0.6 is 0 Å². The van der Waals surface area contributed by atoms with Crippen molar-refractivity contribution in [1.82, 2.24) is 20.3 Å². The third-order valence-electron chi connectivity index (χ3n) is 8.03. The second-order valence-corrected chi connectivity index (χ2v) is 10.8. The molecule has 10 nitrogen and oxygen atoms in total. The monoisotopic (exact) mass is 557 g/mol. The first kappa shape index (κ1) is 28.3. The predicted octanol–water partition coefficient (Wildman–Crippen LogP) is 4.00. The second kappa shape index (κ2) is 13.4. The van der Waals surface area contributed by atoms with Crippen molar-refractivity contribution in [2.45, 2.75) is 57.9 Å². The molecule has 1 atom stereocenters. The lowest BCUT2D eigenvalue weighted by molar-refractivity contribution is -0.143. The molecule has 0 bridgehead atoms. The Hall–Kier alpha value is -4.21. The Balaban J connectivity index is 1.18. The van der Waals surface area contributed by atoms with Crippen LogP contribution in [0, 0.1) is 5.92 Å². The zero-order valence-corrected chi connectivity index (χ0v) is 23.6. The number of piperidine rings is 1. The van der Waals surface area contributed by atoms with E-state index in [-0.39, 0.29) is 18.9 Å². The van der Waals surface area contributed by atoms with E-state index in [1.807, 2.05) is 30.3 Å². The highest BCUT2D eigenvalue weighted by molar-refractivity contribution is 5.82. The largest absolute Gasteiger partial charge is 0.481 e. The zero-order valence-electron chi connectivity index (χ0n) is 23.6. The van der Waals surface area contributed by atoms with E-state index in [2.05, 4.69) is 49.9 Å². The average molecular weight is 558 g/mol. The summed E-state index contributed by atoms with van der Waals surface area (Å²) in [7, 11) is 0. The standard InChI is InChI=1S/C31H39N7O3/c1-2-25-29(34-19-24(31(40)41)17-27(39)33-18-21-7-4-3-5-8-21)35-20-36-30(25)38-15-12-22(13-16-38)26-11-10-23-9-6-14-32-28(23)37-26/h3-5,7-8,10-11,20,22,24H,2,6,9,12-19H2,1H3,(H,32,37)(H,33,39)(H,40,41)(H,34,35,36)/t24-/m0/s1. The number of hydrogen-bond donors (Lipinski definition) is 4. The number of fused-ring (bicyclic) bond motifs is 1. The number of nitrogens with zero attached hydrogens (tertiary/aromatic N) is 4. The van der Waals surface area contributed by atoms with Crippen LogP contribution in [0.1, 0.15) is 60.9 Å². The van der Waals surface area contributed by atoms with Gasteiger partial charge in [-0.15, -0.1) is 0 Å². The zero-order chi connectivity index (χ0) is 28.6. The first-order valence-electron chi connectivity index (χ1n) is 14.6. The van der Waals surface area contributed by atoms with Crippen LogP contribution in [0.4, 0.5) is 17.5 Å². The lowest BCUT2D eigenvalue weighted by Gasteiger charge is -2.34. The van der Waals surface area contributed by atoms with Gasteiger partial charge in [0.25, 0.3) is 0 Å². The first-order valence-corrected chi connectivity index (χ1v) is 14.6. The van der Waals surface area contributed by atoms with E-state index in [0.29, 0.717) is 24.7 Å². The Kier molecular flexibility index (Phi) is 9.28. The van der Waals surface area contributed by atoms with Gasteiger partial charge in [-0.3, -0.25) is 9.59 Å². The number of pyridine rings is 1. The first-order chi connectivity index (χ1) is 20.0. The number of aliphatic carboxylic acids is 1. The highest BCUT2D eigenvalue weighted by atomic mass is 16.4. The maximum atomic E-state index is 12.5. The van der Waals surface area contributed by atoms with Crippen LogP contribution in [0.5, 0.6) is 0 Å². The Morgan fingerprint density at radius 3 is 2.68 bits per heavy atom. The van der Waals surface area contributed by atoms with E-state index in [1.165, 1.54) is 11.9 Å². The normalized spacial score (nSPS) is 15.9. The highest BCUT2D eigenvalue weighted by Gasteiger charge is 2.27. The minimum Gasteiger partial charge on any atom is -0.481 e. The van der Waals surface area contributed by atoms with E-state index in [1.54, 1.807) is 0 Å². The number of benzene rings is 1. The summed E-state index contributed by atoms with van der Waals surface area (Å²) in [6.07, 6.45) is 6.33. The van der Waals surface area contributed by atoms with Crippen molar-refractivity contribution in [1.29, 1.82) is 0 Å². The van der Waals surface area contributed by atoms with Crippen LogP contribution in [0.15, 0.2) is 48.8 Å². The Bertz CT molecular complexity index is 1340. The van der Waals surface area contributed by atoms with Crippen molar-refractivity contribution in [3.8, 4) is 0 Å². The van der Waals surface area contributed by atoms with E-state index in [0.717, 1.165) is 73.8 Å². The van der Waals surface area contributed by atoms with E-state index < -0.39 is 11.9 Å². The predicted molar refractivity (Wildman–Crippen MR) is 159 cm³/mol. The van der Waals surface area contributed by atoms with Crippen LogP contribution in [-0.4, -0.2) is 58.1 Å². The lowest BCUT2D eigenvalue weighted by Crippen LogP contribution is -2.35. The summed E-state index contributed by atoms with van der Waals surface area (Å²) in [5.74, 6) is 0.762. The van der Waals surface area contributed by atoms with Gasteiger partial charge in [0.1, 0.15) is 23.8 Å².